The standard InChI is InChI=1S/C17H32O3/c1-2-3-4-6-11-16(18)12-7-5-9-14-19-17-13-8-10-15-20-17/h5,7,16-18H,2-4,6,8-15H2,1H3/b7-5-/t16-,17?/m1/s1. The summed E-state index contributed by atoms with van der Waals surface area (Å²) in [4.78, 5) is 0. The van der Waals surface area contributed by atoms with Crippen LogP contribution in [0, 0.1) is 0 Å². The molecule has 1 saturated heterocycles. The van der Waals surface area contributed by atoms with Gasteiger partial charge in [0.2, 0.25) is 0 Å². The summed E-state index contributed by atoms with van der Waals surface area (Å²) in [6.07, 6.45) is 15.0. The van der Waals surface area contributed by atoms with Gasteiger partial charge in [-0.3, -0.25) is 0 Å². The molecule has 1 heterocycles. The van der Waals surface area contributed by atoms with Crippen LogP contribution in [0.5, 0.6) is 0 Å². The van der Waals surface area contributed by atoms with E-state index in [0.717, 1.165) is 45.1 Å². The summed E-state index contributed by atoms with van der Waals surface area (Å²) in [5, 5.41) is 9.81. The molecule has 0 aromatic heterocycles. The summed E-state index contributed by atoms with van der Waals surface area (Å²) in [5.74, 6) is 0. The minimum absolute atomic E-state index is 0.0151. The van der Waals surface area contributed by atoms with Gasteiger partial charge in [0.1, 0.15) is 0 Å². The van der Waals surface area contributed by atoms with Gasteiger partial charge in [0.05, 0.1) is 12.7 Å². The van der Waals surface area contributed by atoms with Crippen LogP contribution in [0.15, 0.2) is 12.2 Å². The molecule has 0 spiro atoms. The van der Waals surface area contributed by atoms with E-state index in [-0.39, 0.29) is 12.4 Å². The Hall–Kier alpha value is -0.380. The first-order valence-electron chi connectivity index (χ1n) is 8.39. The Morgan fingerprint density at radius 3 is 2.90 bits per heavy atom. The van der Waals surface area contributed by atoms with E-state index in [1.54, 1.807) is 0 Å². The Morgan fingerprint density at radius 2 is 2.15 bits per heavy atom. The van der Waals surface area contributed by atoms with Gasteiger partial charge >= 0.3 is 0 Å². The Morgan fingerprint density at radius 1 is 1.25 bits per heavy atom. The fraction of sp³-hybridized carbons (Fsp3) is 0.882. The van der Waals surface area contributed by atoms with Crippen molar-refractivity contribution >= 4 is 0 Å². The molecule has 1 aliphatic rings. The van der Waals surface area contributed by atoms with Gasteiger partial charge in [0.15, 0.2) is 6.29 Å². The predicted molar refractivity (Wildman–Crippen MR) is 82.7 cm³/mol. The second-order valence-electron chi connectivity index (χ2n) is 5.67. The fourth-order valence-electron chi connectivity index (χ4n) is 2.41. The van der Waals surface area contributed by atoms with Gasteiger partial charge in [-0.2, -0.15) is 0 Å². The molecule has 0 bridgehead atoms. The van der Waals surface area contributed by atoms with Crippen LogP contribution in [0.2, 0.25) is 0 Å². The maximum Gasteiger partial charge on any atom is 0.157 e. The quantitative estimate of drug-likeness (QED) is 0.456. The number of hydrogen-bond donors (Lipinski definition) is 1. The lowest BCUT2D eigenvalue weighted by atomic mass is 10.1. The summed E-state index contributed by atoms with van der Waals surface area (Å²) in [7, 11) is 0. The van der Waals surface area contributed by atoms with E-state index >= 15 is 0 Å². The van der Waals surface area contributed by atoms with E-state index in [1.165, 1.54) is 25.7 Å². The zero-order valence-corrected chi connectivity index (χ0v) is 13.1. The summed E-state index contributed by atoms with van der Waals surface area (Å²) in [6, 6.07) is 0. The van der Waals surface area contributed by atoms with Crippen LogP contribution < -0.4 is 0 Å². The molecule has 0 aromatic rings. The fourth-order valence-corrected chi connectivity index (χ4v) is 2.41. The maximum atomic E-state index is 9.81. The molecule has 0 aromatic carbocycles. The first-order valence-corrected chi connectivity index (χ1v) is 8.39. The molecule has 118 valence electrons. The van der Waals surface area contributed by atoms with Crippen molar-refractivity contribution in [1.82, 2.24) is 0 Å². The second-order valence-corrected chi connectivity index (χ2v) is 5.67. The van der Waals surface area contributed by atoms with Crippen LogP contribution in [-0.4, -0.2) is 30.7 Å². The average molecular weight is 284 g/mol. The molecule has 1 rings (SSSR count). The molecule has 1 aliphatic heterocycles. The number of aliphatic hydroxyl groups excluding tert-OH is 1. The largest absolute Gasteiger partial charge is 0.393 e. The molecule has 1 N–H and O–H groups in total. The van der Waals surface area contributed by atoms with Gasteiger partial charge in [-0.25, -0.2) is 0 Å². The van der Waals surface area contributed by atoms with Crippen LogP contribution in [0.4, 0.5) is 0 Å². The van der Waals surface area contributed by atoms with E-state index in [2.05, 4.69) is 19.1 Å². The molecule has 2 atom stereocenters. The lowest BCUT2D eigenvalue weighted by Crippen LogP contribution is -2.22. The van der Waals surface area contributed by atoms with Crippen LogP contribution in [0.1, 0.15) is 71.1 Å². The molecular formula is C17H32O3. The maximum absolute atomic E-state index is 9.81. The lowest BCUT2D eigenvalue weighted by molar-refractivity contribution is -0.161. The summed E-state index contributed by atoms with van der Waals surface area (Å²) in [6.45, 7) is 3.76. The van der Waals surface area contributed by atoms with E-state index < -0.39 is 0 Å². The van der Waals surface area contributed by atoms with Crippen LogP contribution in [-0.2, 0) is 9.47 Å². The van der Waals surface area contributed by atoms with Gasteiger partial charge in [-0.1, -0.05) is 44.8 Å². The van der Waals surface area contributed by atoms with Crippen molar-refractivity contribution in [2.24, 2.45) is 0 Å². The van der Waals surface area contributed by atoms with E-state index in [4.69, 9.17) is 9.47 Å². The topological polar surface area (TPSA) is 38.7 Å². The summed E-state index contributed by atoms with van der Waals surface area (Å²) < 4.78 is 11.1. The zero-order chi connectivity index (χ0) is 14.5. The molecular weight excluding hydrogens is 252 g/mol. The molecule has 1 unspecified atom stereocenters. The van der Waals surface area contributed by atoms with Gasteiger partial charge in [-0.15, -0.1) is 0 Å². The highest BCUT2D eigenvalue weighted by Crippen LogP contribution is 2.14. The van der Waals surface area contributed by atoms with Gasteiger partial charge in [-0.05, 0) is 38.5 Å². The number of ether oxygens (including phenoxy) is 2. The summed E-state index contributed by atoms with van der Waals surface area (Å²) >= 11 is 0. The van der Waals surface area contributed by atoms with Crippen LogP contribution >= 0.6 is 0 Å². The van der Waals surface area contributed by atoms with Gasteiger partial charge < -0.3 is 14.6 Å². The molecule has 3 heteroatoms. The highest BCUT2D eigenvalue weighted by Gasteiger charge is 2.12. The normalized spacial score (nSPS) is 21.4. The lowest BCUT2D eigenvalue weighted by Gasteiger charge is -2.22. The predicted octanol–water partition coefficient (Wildman–Crippen LogP) is 4.20. The third-order valence-electron chi connectivity index (χ3n) is 3.69. The van der Waals surface area contributed by atoms with Crippen LogP contribution in [0.3, 0.4) is 0 Å². The third-order valence-corrected chi connectivity index (χ3v) is 3.69. The molecule has 0 saturated carbocycles. The van der Waals surface area contributed by atoms with Crippen molar-refractivity contribution in [3.05, 3.63) is 12.2 Å². The highest BCUT2D eigenvalue weighted by atomic mass is 16.7. The summed E-state index contributed by atoms with van der Waals surface area (Å²) in [5.41, 5.74) is 0. The van der Waals surface area contributed by atoms with E-state index in [9.17, 15) is 5.11 Å². The minimum Gasteiger partial charge on any atom is -0.393 e. The molecule has 20 heavy (non-hydrogen) atoms. The Labute approximate surface area is 124 Å². The van der Waals surface area contributed by atoms with Crippen molar-refractivity contribution in [2.45, 2.75) is 83.5 Å². The monoisotopic (exact) mass is 284 g/mol. The SMILES string of the molecule is CCCCCC[C@@H](O)C/C=C\CCOC1CCCCO1. The Balaban J connectivity index is 1.90. The average Bonchev–Trinajstić information content (AvgIpc) is 2.48. The minimum atomic E-state index is -0.175. The van der Waals surface area contributed by atoms with Crippen molar-refractivity contribution in [1.29, 1.82) is 0 Å². The number of rotatable bonds is 11. The molecule has 0 aliphatic carbocycles. The van der Waals surface area contributed by atoms with Crippen molar-refractivity contribution < 1.29 is 14.6 Å². The number of unbranched alkanes of at least 4 members (excludes halogenated alkanes) is 3. The Kier molecular flexibility index (Phi) is 10.9. The molecule has 1 fully saturated rings. The first-order chi connectivity index (χ1) is 9.83. The van der Waals surface area contributed by atoms with Crippen molar-refractivity contribution in [2.75, 3.05) is 13.2 Å². The highest BCUT2D eigenvalue weighted by molar-refractivity contribution is 4.84. The number of hydrogen-bond acceptors (Lipinski definition) is 3. The third kappa shape index (κ3) is 9.51. The second kappa shape index (κ2) is 12.4. The smallest absolute Gasteiger partial charge is 0.157 e. The molecule has 0 amide bonds. The number of aliphatic hydroxyl groups is 1. The van der Waals surface area contributed by atoms with Gasteiger partial charge in [0.25, 0.3) is 0 Å². The van der Waals surface area contributed by atoms with Crippen molar-refractivity contribution in [3.8, 4) is 0 Å². The first kappa shape index (κ1) is 17.7. The Bertz CT molecular complexity index is 234. The van der Waals surface area contributed by atoms with Crippen molar-refractivity contribution in [3.63, 3.8) is 0 Å². The zero-order valence-electron chi connectivity index (χ0n) is 13.1. The molecule has 0 radical (unpaired) electrons. The van der Waals surface area contributed by atoms with Gasteiger partial charge in [0, 0.05) is 6.61 Å². The van der Waals surface area contributed by atoms with E-state index in [1.807, 2.05) is 0 Å². The van der Waals surface area contributed by atoms with Crippen LogP contribution in [0.25, 0.3) is 0 Å². The molecule has 3 nitrogen and oxygen atoms in total. The van der Waals surface area contributed by atoms with E-state index in [0.29, 0.717) is 6.61 Å².